The summed E-state index contributed by atoms with van der Waals surface area (Å²) < 4.78 is 7.13. The average Bonchev–Trinajstić information content (AvgIpc) is 2.51. The molecule has 2 unspecified atom stereocenters. The summed E-state index contributed by atoms with van der Waals surface area (Å²) in [6.07, 6.45) is 2.73. The van der Waals surface area contributed by atoms with Gasteiger partial charge in [0.2, 0.25) is 0 Å². The summed E-state index contributed by atoms with van der Waals surface area (Å²) in [5.74, 6) is 6.06. The maximum Gasteiger partial charge on any atom is 0.0732 e. The SMILES string of the molecule is CC1(C)CC(C(NN)c2ncccc2Br)C(C)(C)O1. The summed E-state index contributed by atoms with van der Waals surface area (Å²) in [4.78, 5) is 4.46. The largest absolute Gasteiger partial charge is 0.369 e. The van der Waals surface area contributed by atoms with E-state index in [0.29, 0.717) is 0 Å². The summed E-state index contributed by atoms with van der Waals surface area (Å²) in [6.45, 7) is 8.48. The van der Waals surface area contributed by atoms with E-state index >= 15 is 0 Å². The highest BCUT2D eigenvalue weighted by atomic mass is 79.9. The van der Waals surface area contributed by atoms with Crippen molar-refractivity contribution in [2.45, 2.75) is 51.4 Å². The topological polar surface area (TPSA) is 60.2 Å². The van der Waals surface area contributed by atoms with Crippen LogP contribution in [-0.2, 0) is 4.74 Å². The Morgan fingerprint density at radius 1 is 1.47 bits per heavy atom. The lowest BCUT2D eigenvalue weighted by Gasteiger charge is -2.32. The number of aromatic nitrogens is 1. The molecule has 3 N–H and O–H groups in total. The number of nitrogens with one attached hydrogen (secondary N) is 1. The van der Waals surface area contributed by atoms with Crippen molar-refractivity contribution in [1.82, 2.24) is 10.4 Å². The van der Waals surface area contributed by atoms with Gasteiger partial charge in [0.25, 0.3) is 0 Å². The molecule has 2 atom stereocenters. The van der Waals surface area contributed by atoms with Crippen LogP contribution in [-0.4, -0.2) is 16.2 Å². The summed E-state index contributed by atoms with van der Waals surface area (Å²) in [6, 6.07) is 3.86. The molecule has 1 aliphatic rings. The Bertz CT molecular complexity index is 462. The van der Waals surface area contributed by atoms with Crippen molar-refractivity contribution in [2.75, 3.05) is 0 Å². The number of ether oxygens (including phenoxy) is 1. The molecule has 1 fully saturated rings. The minimum absolute atomic E-state index is 0.0349. The second kappa shape index (κ2) is 5.13. The zero-order chi connectivity index (χ0) is 14.3. The van der Waals surface area contributed by atoms with Crippen molar-refractivity contribution in [2.24, 2.45) is 11.8 Å². The first-order chi connectivity index (χ1) is 8.77. The lowest BCUT2D eigenvalue weighted by atomic mass is 9.80. The number of nitrogens with zero attached hydrogens (tertiary/aromatic N) is 1. The van der Waals surface area contributed by atoms with Gasteiger partial charge >= 0.3 is 0 Å². The molecule has 0 aromatic carbocycles. The molecule has 1 aromatic rings. The van der Waals surface area contributed by atoms with Crippen LogP contribution >= 0.6 is 15.9 Å². The first kappa shape index (κ1) is 14.9. The van der Waals surface area contributed by atoms with Gasteiger partial charge in [0, 0.05) is 16.6 Å². The maximum absolute atomic E-state index is 6.15. The molecular formula is C14H22BrN3O. The van der Waals surface area contributed by atoms with Crippen molar-refractivity contribution >= 4 is 15.9 Å². The van der Waals surface area contributed by atoms with Crippen LogP contribution in [0.5, 0.6) is 0 Å². The number of halogens is 1. The van der Waals surface area contributed by atoms with Crippen LogP contribution in [0.25, 0.3) is 0 Å². The molecule has 0 saturated carbocycles. The fraction of sp³-hybridized carbons (Fsp3) is 0.643. The average molecular weight is 328 g/mol. The van der Waals surface area contributed by atoms with Crippen LogP contribution < -0.4 is 11.3 Å². The molecule has 0 radical (unpaired) electrons. The van der Waals surface area contributed by atoms with Gasteiger partial charge in [-0.25, -0.2) is 0 Å². The molecule has 4 nitrogen and oxygen atoms in total. The second-order valence-electron chi connectivity index (χ2n) is 6.29. The standard InChI is InChI=1S/C14H22BrN3O/c1-13(2)8-9(14(3,4)19-13)11(18-16)12-10(15)6-5-7-17-12/h5-7,9,11,18H,8,16H2,1-4H3. The van der Waals surface area contributed by atoms with Gasteiger partial charge in [-0.3, -0.25) is 16.3 Å². The van der Waals surface area contributed by atoms with Crippen LogP contribution in [0.4, 0.5) is 0 Å². The molecule has 1 aromatic heterocycles. The number of hydrogen-bond acceptors (Lipinski definition) is 4. The van der Waals surface area contributed by atoms with Gasteiger partial charge in [-0.15, -0.1) is 0 Å². The predicted octanol–water partition coefficient (Wildman–Crippen LogP) is 2.94. The third-order valence-corrected chi connectivity index (χ3v) is 4.48. The Balaban J connectivity index is 2.36. The van der Waals surface area contributed by atoms with E-state index in [1.54, 1.807) is 6.20 Å². The molecule has 1 saturated heterocycles. The molecule has 2 rings (SSSR count). The maximum atomic E-state index is 6.15. The van der Waals surface area contributed by atoms with E-state index in [1.165, 1.54) is 0 Å². The molecule has 19 heavy (non-hydrogen) atoms. The Morgan fingerprint density at radius 3 is 2.63 bits per heavy atom. The first-order valence-electron chi connectivity index (χ1n) is 6.53. The third kappa shape index (κ3) is 2.99. The van der Waals surface area contributed by atoms with E-state index in [2.05, 4.69) is 54.0 Å². The Kier molecular flexibility index (Phi) is 4.02. The molecule has 5 heteroatoms. The van der Waals surface area contributed by atoms with Crippen molar-refractivity contribution in [1.29, 1.82) is 0 Å². The van der Waals surface area contributed by atoms with Gasteiger partial charge in [-0.1, -0.05) is 0 Å². The number of rotatable bonds is 3. The Hall–Kier alpha value is -0.490. The minimum Gasteiger partial charge on any atom is -0.369 e. The van der Waals surface area contributed by atoms with Crippen LogP contribution in [0.3, 0.4) is 0 Å². The molecule has 0 bridgehead atoms. The quantitative estimate of drug-likeness (QED) is 0.662. The zero-order valence-corrected chi connectivity index (χ0v) is 13.5. The van der Waals surface area contributed by atoms with E-state index in [9.17, 15) is 0 Å². The van der Waals surface area contributed by atoms with Crippen molar-refractivity contribution in [3.8, 4) is 0 Å². The van der Waals surface area contributed by atoms with Crippen LogP contribution in [0, 0.1) is 5.92 Å². The number of pyridine rings is 1. The van der Waals surface area contributed by atoms with Gasteiger partial charge in [-0.05, 0) is 62.2 Å². The zero-order valence-electron chi connectivity index (χ0n) is 11.9. The normalized spacial score (nSPS) is 26.3. The van der Waals surface area contributed by atoms with Gasteiger partial charge in [-0.2, -0.15) is 0 Å². The summed E-state index contributed by atoms with van der Waals surface area (Å²) in [7, 11) is 0. The van der Waals surface area contributed by atoms with Crippen molar-refractivity contribution < 1.29 is 4.74 Å². The van der Waals surface area contributed by atoms with E-state index in [-0.39, 0.29) is 23.2 Å². The highest BCUT2D eigenvalue weighted by Gasteiger charge is 2.49. The van der Waals surface area contributed by atoms with Crippen LogP contribution in [0.15, 0.2) is 22.8 Å². The third-order valence-electron chi connectivity index (χ3n) is 3.81. The number of nitrogens with two attached hydrogens (primary N) is 1. The van der Waals surface area contributed by atoms with Crippen molar-refractivity contribution in [3.63, 3.8) is 0 Å². The van der Waals surface area contributed by atoms with E-state index in [1.807, 2.05) is 12.1 Å². The van der Waals surface area contributed by atoms with Crippen LogP contribution in [0.1, 0.15) is 45.9 Å². The van der Waals surface area contributed by atoms with Crippen LogP contribution in [0.2, 0.25) is 0 Å². The molecule has 0 aliphatic carbocycles. The number of hydrogen-bond donors (Lipinski definition) is 2. The highest BCUT2D eigenvalue weighted by Crippen LogP contribution is 2.47. The van der Waals surface area contributed by atoms with E-state index in [0.717, 1.165) is 16.6 Å². The molecule has 0 amide bonds. The first-order valence-corrected chi connectivity index (χ1v) is 7.33. The smallest absolute Gasteiger partial charge is 0.0732 e. The lowest BCUT2D eigenvalue weighted by molar-refractivity contribution is -0.0780. The summed E-state index contributed by atoms with van der Waals surface area (Å²) in [5, 5.41) is 0. The Morgan fingerprint density at radius 2 is 2.16 bits per heavy atom. The van der Waals surface area contributed by atoms with E-state index in [4.69, 9.17) is 10.6 Å². The summed E-state index contributed by atoms with van der Waals surface area (Å²) >= 11 is 3.55. The molecule has 1 aliphatic heterocycles. The minimum atomic E-state index is -0.239. The van der Waals surface area contributed by atoms with Crippen molar-refractivity contribution in [3.05, 3.63) is 28.5 Å². The predicted molar refractivity (Wildman–Crippen MR) is 79.4 cm³/mol. The second-order valence-corrected chi connectivity index (χ2v) is 7.14. The van der Waals surface area contributed by atoms with E-state index < -0.39 is 0 Å². The monoisotopic (exact) mass is 327 g/mol. The Labute approximate surface area is 123 Å². The molecule has 0 spiro atoms. The molecule has 2 heterocycles. The van der Waals surface area contributed by atoms with Gasteiger partial charge in [0.15, 0.2) is 0 Å². The lowest BCUT2D eigenvalue weighted by Crippen LogP contribution is -2.41. The van der Waals surface area contributed by atoms with Gasteiger partial charge in [0.05, 0.1) is 22.9 Å². The van der Waals surface area contributed by atoms with Gasteiger partial charge < -0.3 is 4.74 Å². The summed E-state index contributed by atoms with van der Waals surface area (Å²) in [5.41, 5.74) is 3.48. The highest BCUT2D eigenvalue weighted by molar-refractivity contribution is 9.10. The molecular weight excluding hydrogens is 306 g/mol. The fourth-order valence-electron chi connectivity index (χ4n) is 3.14. The number of hydrazine groups is 1. The molecule has 106 valence electrons. The fourth-order valence-corrected chi connectivity index (χ4v) is 3.64. The van der Waals surface area contributed by atoms with Gasteiger partial charge in [0.1, 0.15) is 0 Å².